The van der Waals surface area contributed by atoms with Gasteiger partial charge in [-0.05, 0) is 0 Å². The number of carboxylic acids is 1. The van der Waals surface area contributed by atoms with E-state index in [9.17, 15) is 9.59 Å². The van der Waals surface area contributed by atoms with E-state index in [0.29, 0.717) is 0 Å². The molecule has 0 saturated heterocycles. The summed E-state index contributed by atoms with van der Waals surface area (Å²) in [6.07, 6.45) is -0.501. The van der Waals surface area contributed by atoms with Gasteiger partial charge in [-0.3, -0.25) is 9.59 Å². The van der Waals surface area contributed by atoms with E-state index in [1.807, 2.05) is 0 Å². The van der Waals surface area contributed by atoms with Gasteiger partial charge in [-0.15, -0.1) is 0 Å². The largest absolute Gasteiger partial charge is 0.481 e. The van der Waals surface area contributed by atoms with Crippen molar-refractivity contribution in [1.29, 1.82) is 0 Å². The zero-order chi connectivity index (χ0) is 8.85. The first-order valence-corrected chi connectivity index (χ1v) is 2.82. The van der Waals surface area contributed by atoms with Crippen molar-refractivity contribution in [3.8, 4) is 0 Å². The monoisotopic (exact) mass is 163 g/mol. The van der Waals surface area contributed by atoms with Crippen molar-refractivity contribution in [2.24, 2.45) is 5.73 Å². The van der Waals surface area contributed by atoms with Gasteiger partial charge in [0.05, 0.1) is 6.42 Å². The van der Waals surface area contributed by atoms with Crippen LogP contribution in [0.25, 0.3) is 0 Å². The van der Waals surface area contributed by atoms with E-state index in [4.69, 9.17) is 15.9 Å². The van der Waals surface area contributed by atoms with E-state index in [-0.39, 0.29) is 0 Å². The summed E-state index contributed by atoms with van der Waals surface area (Å²) in [4.78, 5) is 20.5. The van der Waals surface area contributed by atoms with Crippen molar-refractivity contribution in [1.82, 2.24) is 0 Å². The zero-order valence-corrected chi connectivity index (χ0v) is 5.69. The van der Waals surface area contributed by atoms with E-state index >= 15 is 0 Å². The number of hydrogen-bond acceptors (Lipinski definition) is 5. The number of ether oxygens (including phenoxy) is 1. The van der Waals surface area contributed by atoms with Crippen LogP contribution in [0.15, 0.2) is 0 Å². The predicted octanol–water partition coefficient (Wildman–Crippen LogP) is -1.72. The van der Waals surface area contributed by atoms with Crippen molar-refractivity contribution in [2.75, 3.05) is 6.79 Å². The SMILES string of the molecule is N[C@@H](CC(=O)O)C(=O)OCO. The predicted molar refractivity (Wildman–Crippen MR) is 33.4 cm³/mol. The first-order valence-electron chi connectivity index (χ1n) is 2.82. The first kappa shape index (κ1) is 9.86. The lowest BCUT2D eigenvalue weighted by Gasteiger charge is -2.05. The average molecular weight is 163 g/mol. The van der Waals surface area contributed by atoms with Crippen molar-refractivity contribution in [3.05, 3.63) is 0 Å². The van der Waals surface area contributed by atoms with Crippen LogP contribution < -0.4 is 5.73 Å². The highest BCUT2D eigenvalue weighted by Gasteiger charge is 2.17. The Bertz CT molecular complexity index is 157. The highest BCUT2D eigenvalue weighted by molar-refractivity contribution is 5.81. The number of carboxylic acid groups (broad SMARTS) is 1. The van der Waals surface area contributed by atoms with Crippen LogP contribution in [0.2, 0.25) is 0 Å². The van der Waals surface area contributed by atoms with Gasteiger partial charge in [-0.25, -0.2) is 0 Å². The lowest BCUT2D eigenvalue weighted by atomic mass is 10.2. The number of rotatable bonds is 4. The Morgan fingerprint density at radius 3 is 2.45 bits per heavy atom. The van der Waals surface area contributed by atoms with Crippen LogP contribution in [0.3, 0.4) is 0 Å². The number of hydrogen-bond donors (Lipinski definition) is 3. The molecule has 0 radical (unpaired) electrons. The maximum atomic E-state index is 10.5. The van der Waals surface area contributed by atoms with Gasteiger partial charge in [0, 0.05) is 0 Å². The molecule has 11 heavy (non-hydrogen) atoms. The molecule has 0 aromatic rings. The molecule has 0 spiro atoms. The van der Waals surface area contributed by atoms with Crippen LogP contribution in [0.4, 0.5) is 0 Å². The minimum absolute atomic E-state index is 0.501. The first-order chi connectivity index (χ1) is 5.07. The summed E-state index contributed by atoms with van der Waals surface area (Å²) >= 11 is 0. The van der Waals surface area contributed by atoms with Crippen molar-refractivity contribution >= 4 is 11.9 Å². The number of carbonyl (C=O) groups excluding carboxylic acids is 1. The lowest BCUT2D eigenvalue weighted by Crippen LogP contribution is -2.34. The zero-order valence-electron chi connectivity index (χ0n) is 5.69. The molecule has 0 fully saturated rings. The van der Waals surface area contributed by atoms with E-state index in [1.165, 1.54) is 0 Å². The van der Waals surface area contributed by atoms with Crippen LogP contribution in [-0.4, -0.2) is 35.0 Å². The summed E-state index contributed by atoms with van der Waals surface area (Å²) in [7, 11) is 0. The van der Waals surface area contributed by atoms with Crippen molar-refractivity contribution in [3.63, 3.8) is 0 Å². The molecular weight excluding hydrogens is 154 g/mol. The molecule has 0 aromatic heterocycles. The Hall–Kier alpha value is -1.14. The van der Waals surface area contributed by atoms with Gasteiger partial charge < -0.3 is 20.7 Å². The topological polar surface area (TPSA) is 110 Å². The van der Waals surface area contributed by atoms with Crippen molar-refractivity contribution in [2.45, 2.75) is 12.5 Å². The smallest absolute Gasteiger partial charge is 0.325 e. The van der Waals surface area contributed by atoms with Crippen LogP contribution >= 0.6 is 0 Å². The fourth-order valence-corrected chi connectivity index (χ4v) is 0.442. The Labute approximate surface area is 62.6 Å². The summed E-state index contributed by atoms with van der Waals surface area (Å²) in [6, 6.07) is -1.21. The number of carbonyl (C=O) groups is 2. The molecule has 0 aliphatic carbocycles. The minimum atomic E-state index is -1.21. The van der Waals surface area contributed by atoms with E-state index in [1.54, 1.807) is 0 Å². The second-order valence-corrected chi connectivity index (χ2v) is 1.80. The summed E-state index contributed by atoms with van der Waals surface area (Å²) in [5.74, 6) is -2.11. The van der Waals surface area contributed by atoms with Gasteiger partial charge in [-0.1, -0.05) is 0 Å². The molecule has 0 aliphatic rings. The van der Waals surface area contributed by atoms with Gasteiger partial charge in [0.2, 0.25) is 0 Å². The molecule has 0 saturated carbocycles. The van der Waals surface area contributed by atoms with E-state index < -0.39 is 31.2 Å². The summed E-state index contributed by atoms with van der Waals surface area (Å²) in [6.45, 7) is -0.786. The Morgan fingerprint density at radius 1 is 1.55 bits per heavy atom. The molecule has 64 valence electrons. The number of aliphatic carboxylic acids is 1. The molecule has 0 heterocycles. The van der Waals surface area contributed by atoms with Gasteiger partial charge in [0.1, 0.15) is 6.04 Å². The maximum absolute atomic E-state index is 10.5. The highest BCUT2D eigenvalue weighted by atomic mass is 16.6. The number of esters is 1. The third-order valence-corrected chi connectivity index (χ3v) is 0.904. The maximum Gasteiger partial charge on any atom is 0.325 e. The van der Waals surface area contributed by atoms with Crippen LogP contribution in [-0.2, 0) is 14.3 Å². The Morgan fingerprint density at radius 2 is 2.09 bits per heavy atom. The molecule has 6 nitrogen and oxygen atoms in total. The highest BCUT2D eigenvalue weighted by Crippen LogP contribution is 1.90. The number of aliphatic hydroxyl groups is 1. The minimum Gasteiger partial charge on any atom is -0.481 e. The summed E-state index contributed by atoms with van der Waals surface area (Å²) < 4.78 is 4.03. The van der Waals surface area contributed by atoms with Crippen LogP contribution in [0.1, 0.15) is 6.42 Å². The van der Waals surface area contributed by atoms with E-state index in [2.05, 4.69) is 4.74 Å². The average Bonchev–Trinajstić information content (AvgIpc) is 1.86. The van der Waals surface area contributed by atoms with E-state index in [0.717, 1.165) is 0 Å². The fourth-order valence-electron chi connectivity index (χ4n) is 0.442. The van der Waals surface area contributed by atoms with Gasteiger partial charge in [0.15, 0.2) is 6.79 Å². The quantitative estimate of drug-likeness (QED) is 0.336. The Balaban J connectivity index is 3.73. The normalized spacial score (nSPS) is 12.2. The fraction of sp³-hybridized carbons (Fsp3) is 0.600. The van der Waals surface area contributed by atoms with Gasteiger partial charge in [-0.2, -0.15) is 0 Å². The molecule has 6 heteroatoms. The summed E-state index contributed by atoms with van der Waals surface area (Å²) in [5.41, 5.74) is 5.04. The molecule has 0 rings (SSSR count). The van der Waals surface area contributed by atoms with Gasteiger partial charge in [0.25, 0.3) is 0 Å². The molecule has 4 N–H and O–H groups in total. The second-order valence-electron chi connectivity index (χ2n) is 1.80. The van der Waals surface area contributed by atoms with Crippen LogP contribution in [0.5, 0.6) is 0 Å². The molecule has 1 atom stereocenters. The standard InChI is InChI=1S/C5H9NO5/c6-3(1-4(8)9)5(10)11-2-7/h3,7H,1-2,6H2,(H,8,9)/t3-/m0/s1. The third-order valence-electron chi connectivity index (χ3n) is 0.904. The lowest BCUT2D eigenvalue weighted by molar-refractivity contribution is -0.156. The van der Waals surface area contributed by atoms with Crippen molar-refractivity contribution < 1.29 is 24.5 Å². The van der Waals surface area contributed by atoms with Gasteiger partial charge >= 0.3 is 11.9 Å². The van der Waals surface area contributed by atoms with Crippen LogP contribution in [0, 0.1) is 0 Å². The molecule has 0 unspecified atom stereocenters. The Kier molecular flexibility index (Phi) is 4.16. The molecule has 0 amide bonds. The number of nitrogens with two attached hydrogens (primary N) is 1. The molecular formula is C5H9NO5. The summed E-state index contributed by atoms with van der Waals surface area (Å²) in [5, 5.41) is 16.2. The number of aliphatic hydroxyl groups excluding tert-OH is 1. The molecule has 0 aliphatic heterocycles. The molecule has 0 bridgehead atoms. The molecule has 0 aromatic carbocycles. The second kappa shape index (κ2) is 4.64. The third kappa shape index (κ3) is 4.29.